The number of likely N-dealkylation sites (tertiary alicyclic amines) is 1. The van der Waals surface area contributed by atoms with E-state index in [1.807, 2.05) is 0 Å². The average molecular weight is 480 g/mol. The maximum atomic E-state index is 11.6. The molecule has 1 saturated heterocycles. The molecule has 1 amide bonds. The fourth-order valence-corrected chi connectivity index (χ4v) is 3.58. The zero-order valence-electron chi connectivity index (χ0n) is 17.4. The van der Waals surface area contributed by atoms with E-state index in [0.29, 0.717) is 18.3 Å². The van der Waals surface area contributed by atoms with Gasteiger partial charge in [-0.05, 0) is 44.4 Å². The van der Waals surface area contributed by atoms with Crippen molar-refractivity contribution in [3.05, 3.63) is 0 Å². The van der Waals surface area contributed by atoms with E-state index in [1.165, 1.54) is 32.1 Å². The lowest BCUT2D eigenvalue weighted by Crippen LogP contribution is -2.46. The highest BCUT2D eigenvalue weighted by Gasteiger charge is 2.23. The van der Waals surface area contributed by atoms with Crippen LogP contribution in [0.15, 0.2) is 4.99 Å². The lowest BCUT2D eigenvalue weighted by Gasteiger charge is -2.34. The number of aliphatic imine (C=N–C) groups is 1. The number of carbonyl (C=O) groups excluding carboxylic acids is 1. The number of guanidine groups is 1. The van der Waals surface area contributed by atoms with Crippen LogP contribution in [0.1, 0.15) is 72.1 Å². The molecule has 1 aliphatic heterocycles. The summed E-state index contributed by atoms with van der Waals surface area (Å²) in [5.74, 6) is 2.46. The summed E-state index contributed by atoms with van der Waals surface area (Å²) in [5, 5.41) is 6.21. The number of nitrogens with zero attached hydrogens (tertiary/aromatic N) is 2. The fraction of sp³-hybridized carbons (Fsp3) is 0.900. The highest BCUT2D eigenvalue weighted by Crippen LogP contribution is 2.21. The van der Waals surface area contributed by atoms with Crippen LogP contribution in [0.4, 0.5) is 0 Å². The lowest BCUT2D eigenvalue weighted by molar-refractivity contribution is -0.121. The Morgan fingerprint density at radius 3 is 2.38 bits per heavy atom. The molecule has 0 aromatic rings. The number of piperidine rings is 1. The quantitative estimate of drug-likeness (QED) is 0.282. The normalized spacial score (nSPS) is 16.8. The summed E-state index contributed by atoms with van der Waals surface area (Å²) in [6, 6.07) is 0. The highest BCUT2D eigenvalue weighted by atomic mass is 127. The molecule has 1 atom stereocenters. The molecule has 1 rings (SSSR count). The summed E-state index contributed by atoms with van der Waals surface area (Å²) in [6.45, 7) is 10.5. The Labute approximate surface area is 178 Å². The van der Waals surface area contributed by atoms with Gasteiger partial charge in [0, 0.05) is 39.6 Å². The van der Waals surface area contributed by atoms with Crippen LogP contribution in [0, 0.1) is 11.8 Å². The van der Waals surface area contributed by atoms with Crippen molar-refractivity contribution in [1.82, 2.24) is 15.5 Å². The molecule has 0 spiro atoms. The van der Waals surface area contributed by atoms with Gasteiger partial charge in [0.1, 0.15) is 0 Å². The lowest BCUT2D eigenvalue weighted by atomic mass is 9.93. The smallest absolute Gasteiger partial charge is 0.220 e. The molecule has 1 fully saturated rings. The topological polar surface area (TPSA) is 56.7 Å². The average Bonchev–Trinajstić information content (AvgIpc) is 2.63. The van der Waals surface area contributed by atoms with E-state index in [2.05, 4.69) is 36.3 Å². The van der Waals surface area contributed by atoms with Gasteiger partial charge in [0.2, 0.25) is 5.91 Å². The maximum Gasteiger partial charge on any atom is 0.220 e. The van der Waals surface area contributed by atoms with E-state index in [1.54, 1.807) is 7.05 Å². The molecule has 1 heterocycles. The molecular weight excluding hydrogens is 439 g/mol. The molecule has 26 heavy (non-hydrogen) atoms. The second-order valence-corrected chi connectivity index (χ2v) is 7.30. The van der Waals surface area contributed by atoms with Gasteiger partial charge in [-0.3, -0.25) is 9.79 Å². The van der Waals surface area contributed by atoms with Crippen molar-refractivity contribution in [2.24, 2.45) is 16.8 Å². The van der Waals surface area contributed by atoms with Gasteiger partial charge in [0.05, 0.1) is 0 Å². The number of amides is 1. The highest BCUT2D eigenvalue weighted by molar-refractivity contribution is 14.0. The molecule has 154 valence electrons. The Hall–Kier alpha value is -0.530. The number of halogens is 1. The van der Waals surface area contributed by atoms with Crippen LogP contribution in [0.5, 0.6) is 0 Å². The van der Waals surface area contributed by atoms with Gasteiger partial charge in [0.15, 0.2) is 5.96 Å². The Balaban J connectivity index is 0.00000625. The molecule has 0 aromatic carbocycles. The summed E-state index contributed by atoms with van der Waals surface area (Å²) in [7, 11) is 1.72. The van der Waals surface area contributed by atoms with Gasteiger partial charge >= 0.3 is 0 Å². The minimum absolute atomic E-state index is 0. The Morgan fingerprint density at radius 2 is 1.85 bits per heavy atom. The first-order valence-electron chi connectivity index (χ1n) is 10.4. The Kier molecular flexibility index (Phi) is 15.2. The van der Waals surface area contributed by atoms with E-state index < -0.39 is 0 Å². The van der Waals surface area contributed by atoms with Crippen LogP contribution < -0.4 is 10.6 Å². The fourth-order valence-electron chi connectivity index (χ4n) is 3.58. The van der Waals surface area contributed by atoms with E-state index >= 15 is 0 Å². The van der Waals surface area contributed by atoms with Crippen LogP contribution in [0.3, 0.4) is 0 Å². The van der Waals surface area contributed by atoms with Crippen molar-refractivity contribution in [1.29, 1.82) is 0 Å². The van der Waals surface area contributed by atoms with Crippen molar-refractivity contribution in [2.45, 2.75) is 72.1 Å². The van der Waals surface area contributed by atoms with Gasteiger partial charge in [-0.15, -0.1) is 24.0 Å². The second kappa shape index (κ2) is 15.5. The summed E-state index contributed by atoms with van der Waals surface area (Å²) in [4.78, 5) is 18.9. The first-order chi connectivity index (χ1) is 12.1. The zero-order chi connectivity index (χ0) is 18.5. The molecule has 0 aromatic heterocycles. The van der Waals surface area contributed by atoms with Crippen LogP contribution in [-0.4, -0.2) is 50.0 Å². The predicted octanol–water partition coefficient (Wildman–Crippen LogP) is 4.02. The van der Waals surface area contributed by atoms with Crippen LogP contribution >= 0.6 is 24.0 Å². The minimum Gasteiger partial charge on any atom is -0.359 e. The second-order valence-electron chi connectivity index (χ2n) is 7.30. The molecule has 0 bridgehead atoms. The van der Waals surface area contributed by atoms with Gasteiger partial charge < -0.3 is 15.5 Å². The van der Waals surface area contributed by atoms with Gasteiger partial charge in [-0.25, -0.2) is 0 Å². The summed E-state index contributed by atoms with van der Waals surface area (Å²) < 4.78 is 0. The molecule has 6 heteroatoms. The number of unbranched alkanes of at least 4 members (excludes halogenated alkanes) is 1. The van der Waals surface area contributed by atoms with Gasteiger partial charge in [0.25, 0.3) is 0 Å². The molecule has 0 radical (unpaired) electrons. The first kappa shape index (κ1) is 25.5. The first-order valence-corrected chi connectivity index (χ1v) is 10.4. The number of nitrogens with one attached hydrogen (secondary N) is 2. The van der Waals surface area contributed by atoms with Crippen molar-refractivity contribution < 1.29 is 4.79 Å². The number of carbonyl (C=O) groups is 1. The molecular formula is C20H41IN4O. The third-order valence-corrected chi connectivity index (χ3v) is 5.16. The summed E-state index contributed by atoms with van der Waals surface area (Å²) in [5.41, 5.74) is 0. The van der Waals surface area contributed by atoms with Crippen molar-refractivity contribution in [3.63, 3.8) is 0 Å². The van der Waals surface area contributed by atoms with E-state index in [4.69, 9.17) is 4.99 Å². The molecule has 0 aliphatic carbocycles. The van der Waals surface area contributed by atoms with Crippen LogP contribution in [-0.2, 0) is 4.79 Å². The van der Waals surface area contributed by atoms with Gasteiger partial charge in [-0.1, -0.05) is 33.1 Å². The molecule has 0 saturated carbocycles. The SMILES string of the molecule is CCCCC(CCC)CN=C(NCC)N1CCC(CC(=O)NC)CC1.I. The predicted molar refractivity (Wildman–Crippen MR) is 122 cm³/mol. The number of hydrogen-bond acceptors (Lipinski definition) is 2. The Bertz CT molecular complexity index is 395. The van der Waals surface area contributed by atoms with Crippen molar-refractivity contribution in [3.8, 4) is 0 Å². The molecule has 2 N–H and O–H groups in total. The minimum atomic E-state index is 0. The van der Waals surface area contributed by atoms with Crippen LogP contribution in [0.25, 0.3) is 0 Å². The molecule has 1 aliphatic rings. The van der Waals surface area contributed by atoms with Crippen LogP contribution in [0.2, 0.25) is 0 Å². The zero-order valence-corrected chi connectivity index (χ0v) is 19.7. The standard InChI is InChI=1S/C20H40N4O.HI/c1-5-8-10-18(9-6-2)16-23-20(22-7-3)24-13-11-17(12-14-24)15-19(25)21-4;/h17-18H,5-16H2,1-4H3,(H,21,25)(H,22,23);1H. The largest absolute Gasteiger partial charge is 0.359 e. The monoisotopic (exact) mass is 480 g/mol. The van der Waals surface area contributed by atoms with Crippen molar-refractivity contribution in [2.75, 3.05) is 33.2 Å². The van der Waals surface area contributed by atoms with Crippen molar-refractivity contribution >= 4 is 35.8 Å². The third-order valence-electron chi connectivity index (χ3n) is 5.16. The Morgan fingerprint density at radius 1 is 1.15 bits per heavy atom. The number of hydrogen-bond donors (Lipinski definition) is 2. The van der Waals surface area contributed by atoms with Gasteiger partial charge in [-0.2, -0.15) is 0 Å². The summed E-state index contributed by atoms with van der Waals surface area (Å²) in [6.07, 6.45) is 9.19. The van der Waals surface area contributed by atoms with E-state index in [0.717, 1.165) is 45.0 Å². The maximum absolute atomic E-state index is 11.6. The van der Waals surface area contributed by atoms with E-state index in [9.17, 15) is 4.79 Å². The summed E-state index contributed by atoms with van der Waals surface area (Å²) >= 11 is 0. The number of rotatable bonds is 10. The third kappa shape index (κ3) is 9.97. The molecule has 1 unspecified atom stereocenters. The molecule has 5 nitrogen and oxygen atoms in total. The van der Waals surface area contributed by atoms with E-state index in [-0.39, 0.29) is 29.9 Å².